The lowest BCUT2D eigenvalue weighted by Crippen LogP contribution is -1.93. The molecular weight excluding hydrogens is 286 g/mol. The molecule has 6 heteroatoms. The predicted molar refractivity (Wildman–Crippen MR) is 78.8 cm³/mol. The Morgan fingerprint density at radius 1 is 1.33 bits per heavy atom. The molecule has 0 unspecified atom stereocenters. The van der Waals surface area contributed by atoms with E-state index >= 15 is 0 Å². The Balaban J connectivity index is 2.03. The fourth-order valence-corrected chi connectivity index (χ4v) is 2.68. The maximum atomic E-state index is 9.28. The molecule has 0 atom stereocenters. The van der Waals surface area contributed by atoms with Crippen molar-refractivity contribution in [3.8, 4) is 17.3 Å². The van der Waals surface area contributed by atoms with Crippen molar-refractivity contribution in [3.63, 3.8) is 0 Å². The van der Waals surface area contributed by atoms with Crippen molar-refractivity contribution >= 4 is 22.6 Å². The highest BCUT2D eigenvalue weighted by molar-refractivity contribution is 6.28. The molecule has 0 saturated heterocycles. The second kappa shape index (κ2) is 4.54. The van der Waals surface area contributed by atoms with E-state index in [9.17, 15) is 5.26 Å². The van der Waals surface area contributed by atoms with E-state index in [1.165, 1.54) is 6.20 Å². The van der Waals surface area contributed by atoms with Crippen LogP contribution in [0, 0.1) is 11.3 Å². The van der Waals surface area contributed by atoms with E-state index in [0.29, 0.717) is 17.3 Å². The van der Waals surface area contributed by atoms with Crippen molar-refractivity contribution < 1.29 is 0 Å². The van der Waals surface area contributed by atoms with Crippen molar-refractivity contribution in [2.75, 3.05) is 0 Å². The summed E-state index contributed by atoms with van der Waals surface area (Å²) in [5, 5.41) is 10.4. The van der Waals surface area contributed by atoms with Gasteiger partial charge in [-0.25, -0.2) is 15.0 Å². The van der Waals surface area contributed by atoms with Gasteiger partial charge in [-0.05, 0) is 36.6 Å². The van der Waals surface area contributed by atoms with Crippen LogP contribution in [0.1, 0.15) is 24.4 Å². The predicted octanol–water partition coefficient (Wildman–Crippen LogP) is 3.35. The maximum Gasteiger partial charge on any atom is 0.222 e. The van der Waals surface area contributed by atoms with Crippen LogP contribution in [0.15, 0.2) is 30.7 Å². The number of halogens is 1. The number of nitriles is 1. The third kappa shape index (κ3) is 1.96. The Morgan fingerprint density at radius 3 is 2.95 bits per heavy atom. The second-order valence-corrected chi connectivity index (χ2v) is 5.41. The standard InChI is InChI=1S/C15H10ClN5/c16-15-19-7-9(6-17)13(20-15)12-8-21(10-3-4-10)14-11(12)2-1-5-18-14/h1-2,5,7-8,10H,3-4H2. The number of aromatic nitrogens is 4. The Morgan fingerprint density at radius 2 is 2.19 bits per heavy atom. The average Bonchev–Trinajstić information content (AvgIpc) is 3.28. The van der Waals surface area contributed by atoms with Gasteiger partial charge in [0.2, 0.25) is 5.28 Å². The lowest BCUT2D eigenvalue weighted by molar-refractivity contribution is 0.767. The summed E-state index contributed by atoms with van der Waals surface area (Å²) < 4.78 is 2.17. The molecule has 1 saturated carbocycles. The SMILES string of the molecule is N#Cc1cnc(Cl)nc1-c1cn(C2CC2)c2ncccc12. The van der Waals surface area contributed by atoms with E-state index in [-0.39, 0.29) is 5.28 Å². The average molecular weight is 296 g/mol. The summed E-state index contributed by atoms with van der Waals surface area (Å²) in [5.74, 6) is 0. The molecule has 3 heterocycles. The molecule has 1 fully saturated rings. The molecule has 0 bridgehead atoms. The van der Waals surface area contributed by atoms with Gasteiger partial charge in [0.05, 0.1) is 17.5 Å². The maximum absolute atomic E-state index is 9.28. The second-order valence-electron chi connectivity index (χ2n) is 5.07. The molecule has 5 nitrogen and oxygen atoms in total. The lowest BCUT2D eigenvalue weighted by atomic mass is 10.1. The summed E-state index contributed by atoms with van der Waals surface area (Å²) in [5.41, 5.74) is 2.78. The van der Waals surface area contributed by atoms with Crippen LogP contribution in [0.4, 0.5) is 0 Å². The molecular formula is C15H10ClN5. The van der Waals surface area contributed by atoms with Crippen LogP contribution in [0.5, 0.6) is 0 Å². The van der Waals surface area contributed by atoms with Crippen LogP contribution >= 0.6 is 11.6 Å². The van der Waals surface area contributed by atoms with E-state index in [1.54, 1.807) is 6.20 Å². The fourth-order valence-electron chi connectivity index (χ4n) is 2.55. The molecule has 0 aliphatic heterocycles. The Kier molecular flexibility index (Phi) is 2.66. The van der Waals surface area contributed by atoms with Crippen molar-refractivity contribution in [2.24, 2.45) is 0 Å². The van der Waals surface area contributed by atoms with Crippen LogP contribution in [0.2, 0.25) is 5.28 Å². The zero-order valence-corrected chi connectivity index (χ0v) is 11.7. The summed E-state index contributed by atoms with van der Waals surface area (Å²) in [6, 6.07) is 6.51. The Labute approximate surface area is 125 Å². The minimum absolute atomic E-state index is 0.139. The molecule has 1 aliphatic carbocycles. The van der Waals surface area contributed by atoms with Crippen molar-refractivity contribution in [1.29, 1.82) is 5.26 Å². The molecule has 0 N–H and O–H groups in total. The van der Waals surface area contributed by atoms with Gasteiger partial charge in [0, 0.05) is 29.4 Å². The third-order valence-electron chi connectivity index (χ3n) is 3.66. The van der Waals surface area contributed by atoms with Gasteiger partial charge in [-0.2, -0.15) is 5.26 Å². The van der Waals surface area contributed by atoms with Crippen LogP contribution in [-0.2, 0) is 0 Å². The third-order valence-corrected chi connectivity index (χ3v) is 3.85. The zero-order valence-electron chi connectivity index (χ0n) is 11.0. The van der Waals surface area contributed by atoms with Gasteiger partial charge in [-0.3, -0.25) is 0 Å². The lowest BCUT2D eigenvalue weighted by Gasteiger charge is -2.01. The molecule has 21 heavy (non-hydrogen) atoms. The number of rotatable bonds is 2. The minimum atomic E-state index is 0.139. The van der Waals surface area contributed by atoms with Gasteiger partial charge in [0.15, 0.2) is 0 Å². The van der Waals surface area contributed by atoms with Crippen molar-refractivity contribution in [2.45, 2.75) is 18.9 Å². The van der Waals surface area contributed by atoms with Gasteiger partial charge in [0.25, 0.3) is 0 Å². The molecule has 0 radical (unpaired) electrons. The highest BCUT2D eigenvalue weighted by Gasteiger charge is 2.27. The molecule has 0 spiro atoms. The minimum Gasteiger partial charge on any atom is -0.329 e. The smallest absolute Gasteiger partial charge is 0.222 e. The van der Waals surface area contributed by atoms with E-state index in [1.807, 2.05) is 18.3 Å². The Hall–Kier alpha value is -2.45. The normalized spacial score (nSPS) is 14.3. The fraction of sp³-hybridized carbons (Fsp3) is 0.200. The van der Waals surface area contributed by atoms with E-state index in [2.05, 4.69) is 25.6 Å². The van der Waals surface area contributed by atoms with Gasteiger partial charge < -0.3 is 4.57 Å². The molecule has 3 aromatic rings. The van der Waals surface area contributed by atoms with Crippen LogP contribution in [0.25, 0.3) is 22.3 Å². The van der Waals surface area contributed by atoms with E-state index in [0.717, 1.165) is 29.4 Å². The monoisotopic (exact) mass is 295 g/mol. The summed E-state index contributed by atoms with van der Waals surface area (Å²) in [6.45, 7) is 0. The van der Waals surface area contributed by atoms with E-state index < -0.39 is 0 Å². The molecule has 4 rings (SSSR count). The Bertz CT molecular complexity index is 889. The largest absolute Gasteiger partial charge is 0.329 e. The van der Waals surface area contributed by atoms with Crippen molar-refractivity contribution in [1.82, 2.24) is 19.5 Å². The quantitative estimate of drug-likeness (QED) is 0.680. The number of fused-ring (bicyclic) bond motifs is 1. The zero-order chi connectivity index (χ0) is 14.4. The summed E-state index contributed by atoms with van der Waals surface area (Å²) in [7, 11) is 0. The van der Waals surface area contributed by atoms with E-state index in [4.69, 9.17) is 11.6 Å². The molecule has 0 aromatic carbocycles. The summed E-state index contributed by atoms with van der Waals surface area (Å²) >= 11 is 5.90. The highest BCUT2D eigenvalue weighted by atomic mass is 35.5. The summed E-state index contributed by atoms with van der Waals surface area (Å²) in [4.78, 5) is 12.6. The molecule has 102 valence electrons. The number of hydrogen-bond acceptors (Lipinski definition) is 4. The first-order valence-electron chi connectivity index (χ1n) is 6.66. The van der Waals surface area contributed by atoms with Gasteiger partial charge in [-0.1, -0.05) is 0 Å². The first-order chi connectivity index (χ1) is 10.3. The van der Waals surface area contributed by atoms with Crippen LogP contribution in [-0.4, -0.2) is 19.5 Å². The topological polar surface area (TPSA) is 67.4 Å². The molecule has 1 aliphatic rings. The highest BCUT2D eigenvalue weighted by Crippen LogP contribution is 2.40. The first-order valence-corrected chi connectivity index (χ1v) is 7.04. The van der Waals surface area contributed by atoms with Crippen LogP contribution in [0.3, 0.4) is 0 Å². The molecule has 0 amide bonds. The van der Waals surface area contributed by atoms with Crippen molar-refractivity contribution in [3.05, 3.63) is 41.6 Å². The number of hydrogen-bond donors (Lipinski definition) is 0. The van der Waals surface area contributed by atoms with Gasteiger partial charge >= 0.3 is 0 Å². The number of nitrogens with zero attached hydrogens (tertiary/aromatic N) is 5. The molecule has 3 aromatic heterocycles. The first kappa shape index (κ1) is 12.3. The van der Waals surface area contributed by atoms with Gasteiger partial charge in [0.1, 0.15) is 11.7 Å². The van der Waals surface area contributed by atoms with Gasteiger partial charge in [-0.15, -0.1) is 0 Å². The summed E-state index contributed by atoms with van der Waals surface area (Å²) in [6.07, 6.45) is 7.59. The van der Waals surface area contributed by atoms with Crippen LogP contribution < -0.4 is 0 Å². The number of pyridine rings is 1.